The number of primary amides is 1. The van der Waals surface area contributed by atoms with E-state index in [0.29, 0.717) is 47.3 Å². The molecule has 1 aromatic heterocycles. The Hall–Kier alpha value is -5.14. The summed E-state index contributed by atoms with van der Waals surface area (Å²) < 4.78 is 7.98. The van der Waals surface area contributed by atoms with E-state index in [9.17, 15) is 19.2 Å². The molecule has 3 aromatic carbocycles. The van der Waals surface area contributed by atoms with Gasteiger partial charge in [-0.3, -0.25) is 24.5 Å². The van der Waals surface area contributed by atoms with Crippen LogP contribution >= 0.6 is 11.8 Å². The molecule has 2 unspecified atom stereocenters. The number of benzene rings is 3. The maximum Gasteiger partial charge on any atom is 0.255 e. The minimum atomic E-state index is -0.615. The van der Waals surface area contributed by atoms with Crippen molar-refractivity contribution in [3.05, 3.63) is 89.5 Å². The van der Waals surface area contributed by atoms with Crippen LogP contribution in [0, 0.1) is 5.92 Å². The molecule has 4 N–H and O–H groups in total. The Balaban J connectivity index is 0.887. The lowest BCUT2D eigenvalue weighted by Gasteiger charge is -2.38. The van der Waals surface area contributed by atoms with E-state index in [1.54, 1.807) is 16.7 Å². The molecule has 2 atom stereocenters. The number of nitrogens with zero attached hydrogens (tertiary/aromatic N) is 4. The van der Waals surface area contributed by atoms with Crippen LogP contribution in [0.1, 0.15) is 64.4 Å². The smallest absolute Gasteiger partial charge is 0.255 e. The van der Waals surface area contributed by atoms with Gasteiger partial charge in [-0.1, -0.05) is 24.3 Å². The SMILES string of the molecule is NC(=O)c1c(-c2ccc(Oc3ccccc3)cc2)nn2c1NCCC2C1CCN(CCSc2cccc3c2CN(C2CCC(=O)NC2=O)C3=O)CC1. The fraction of sp³-hybridized carbons (Fsp3) is 0.359. The van der Waals surface area contributed by atoms with Gasteiger partial charge in [-0.05, 0) is 98.8 Å². The van der Waals surface area contributed by atoms with E-state index in [1.165, 1.54) is 0 Å². The van der Waals surface area contributed by atoms with Crippen molar-refractivity contribution >= 4 is 41.2 Å². The second-order valence-electron chi connectivity index (χ2n) is 13.8. The van der Waals surface area contributed by atoms with E-state index in [-0.39, 0.29) is 24.3 Å². The van der Waals surface area contributed by atoms with E-state index in [4.69, 9.17) is 15.6 Å². The molecule has 0 spiro atoms. The van der Waals surface area contributed by atoms with Gasteiger partial charge in [-0.15, -0.1) is 11.8 Å². The van der Waals surface area contributed by atoms with Gasteiger partial charge in [0.1, 0.15) is 34.6 Å². The molecule has 8 rings (SSSR count). The van der Waals surface area contributed by atoms with Gasteiger partial charge >= 0.3 is 0 Å². The third-order valence-electron chi connectivity index (χ3n) is 10.7. The standard InChI is InChI=1S/C39H41N7O5S/c40-36(48)34-35(25-9-11-27(12-10-25)51-26-5-2-1-3-6-26)43-46-30(15-18-41-37(34)46)24-16-19-44(20-17-24)21-22-52-32-8-4-7-28-29(32)23-45(39(28)50)31-13-14-33(47)42-38(31)49/h1-12,24,30-31,41H,13-23H2,(H2,40,48)(H,42,47,49). The summed E-state index contributed by atoms with van der Waals surface area (Å²) in [4.78, 5) is 55.4. The van der Waals surface area contributed by atoms with Crippen molar-refractivity contribution in [2.24, 2.45) is 11.7 Å². The van der Waals surface area contributed by atoms with Gasteiger partial charge in [0.2, 0.25) is 11.8 Å². The highest BCUT2D eigenvalue weighted by Crippen LogP contribution is 2.41. The van der Waals surface area contributed by atoms with Crippen LogP contribution in [0.5, 0.6) is 11.5 Å². The van der Waals surface area contributed by atoms with Crippen molar-refractivity contribution in [3.8, 4) is 22.8 Å². The minimum absolute atomic E-state index is 0.145. The molecular weight excluding hydrogens is 679 g/mol. The summed E-state index contributed by atoms with van der Waals surface area (Å²) in [6.07, 6.45) is 3.57. The van der Waals surface area contributed by atoms with E-state index in [2.05, 4.69) is 21.6 Å². The summed E-state index contributed by atoms with van der Waals surface area (Å²) in [5.74, 6) is 2.12. The van der Waals surface area contributed by atoms with Crippen LogP contribution in [0.25, 0.3) is 11.3 Å². The molecule has 12 nitrogen and oxygen atoms in total. The predicted molar refractivity (Wildman–Crippen MR) is 197 cm³/mol. The molecule has 2 fully saturated rings. The molecule has 0 saturated carbocycles. The van der Waals surface area contributed by atoms with Gasteiger partial charge in [-0.2, -0.15) is 5.10 Å². The normalized spacial score (nSPS) is 20.6. The number of carbonyl (C=O) groups is 4. The zero-order chi connectivity index (χ0) is 35.8. The predicted octanol–water partition coefficient (Wildman–Crippen LogP) is 5.06. The third kappa shape index (κ3) is 6.66. The number of fused-ring (bicyclic) bond motifs is 2. The van der Waals surface area contributed by atoms with E-state index < -0.39 is 17.9 Å². The topological polar surface area (TPSA) is 152 Å². The number of imide groups is 1. The Morgan fingerprint density at radius 3 is 2.44 bits per heavy atom. The van der Waals surface area contributed by atoms with Crippen LogP contribution in [0.3, 0.4) is 0 Å². The number of carbonyl (C=O) groups excluding carboxylic acids is 4. The molecule has 52 heavy (non-hydrogen) atoms. The molecule has 13 heteroatoms. The van der Waals surface area contributed by atoms with Crippen molar-refractivity contribution in [3.63, 3.8) is 0 Å². The van der Waals surface area contributed by atoms with Crippen molar-refractivity contribution in [1.82, 2.24) is 24.9 Å². The Bertz CT molecular complexity index is 2010. The number of hydrogen-bond acceptors (Lipinski definition) is 9. The van der Waals surface area contributed by atoms with E-state index in [0.717, 1.165) is 73.0 Å². The van der Waals surface area contributed by atoms with Gasteiger partial charge in [0, 0.05) is 47.8 Å². The zero-order valence-electron chi connectivity index (χ0n) is 28.8. The Labute approximate surface area is 306 Å². The monoisotopic (exact) mass is 719 g/mol. The molecule has 0 aliphatic carbocycles. The van der Waals surface area contributed by atoms with Crippen LogP contribution in [-0.2, 0) is 16.1 Å². The van der Waals surface area contributed by atoms with Crippen molar-refractivity contribution in [2.75, 3.05) is 37.2 Å². The fourth-order valence-electron chi connectivity index (χ4n) is 8.02. The number of aromatic nitrogens is 2. The molecule has 268 valence electrons. The third-order valence-corrected chi connectivity index (χ3v) is 11.8. The number of nitrogens with two attached hydrogens (primary N) is 1. The van der Waals surface area contributed by atoms with Crippen molar-refractivity contribution in [2.45, 2.75) is 55.6 Å². The highest BCUT2D eigenvalue weighted by Gasteiger charge is 2.40. The first-order valence-electron chi connectivity index (χ1n) is 18.0. The first-order valence-corrected chi connectivity index (χ1v) is 18.9. The first-order chi connectivity index (χ1) is 25.3. The highest BCUT2D eigenvalue weighted by atomic mass is 32.2. The highest BCUT2D eigenvalue weighted by molar-refractivity contribution is 7.99. The number of nitrogens with one attached hydrogen (secondary N) is 2. The maximum atomic E-state index is 13.2. The zero-order valence-corrected chi connectivity index (χ0v) is 29.6. The van der Waals surface area contributed by atoms with Gasteiger partial charge < -0.3 is 25.6 Å². The van der Waals surface area contributed by atoms with Crippen LogP contribution in [0.4, 0.5) is 5.82 Å². The van der Waals surface area contributed by atoms with Crippen LogP contribution in [-0.4, -0.2) is 81.2 Å². The molecule has 2 saturated heterocycles. The lowest BCUT2D eigenvalue weighted by Crippen LogP contribution is -2.52. The van der Waals surface area contributed by atoms with E-state index in [1.807, 2.05) is 71.4 Å². The Kier molecular flexibility index (Phi) is 9.45. The number of amides is 4. The summed E-state index contributed by atoms with van der Waals surface area (Å²) in [5, 5.41) is 10.8. The average molecular weight is 720 g/mol. The summed E-state index contributed by atoms with van der Waals surface area (Å²) in [5.41, 5.74) is 9.38. The summed E-state index contributed by atoms with van der Waals surface area (Å²) in [6.45, 7) is 4.00. The fourth-order valence-corrected chi connectivity index (χ4v) is 9.11. The number of likely N-dealkylation sites (tertiary alicyclic amines) is 1. The van der Waals surface area contributed by atoms with Crippen LogP contribution in [0.15, 0.2) is 77.7 Å². The van der Waals surface area contributed by atoms with Gasteiger partial charge in [0.25, 0.3) is 11.8 Å². The maximum absolute atomic E-state index is 13.2. The lowest BCUT2D eigenvalue weighted by atomic mass is 9.87. The minimum Gasteiger partial charge on any atom is -0.457 e. The van der Waals surface area contributed by atoms with Crippen molar-refractivity contribution in [1.29, 1.82) is 0 Å². The largest absolute Gasteiger partial charge is 0.457 e. The number of hydrogen-bond donors (Lipinski definition) is 3. The van der Waals surface area contributed by atoms with Gasteiger partial charge in [0.15, 0.2) is 0 Å². The Morgan fingerprint density at radius 2 is 1.69 bits per heavy atom. The number of para-hydroxylation sites is 1. The van der Waals surface area contributed by atoms with E-state index >= 15 is 0 Å². The molecule has 4 aromatic rings. The van der Waals surface area contributed by atoms with Crippen molar-refractivity contribution < 1.29 is 23.9 Å². The second-order valence-corrected chi connectivity index (χ2v) is 14.9. The number of piperidine rings is 2. The molecule has 5 heterocycles. The summed E-state index contributed by atoms with van der Waals surface area (Å²) in [6, 6.07) is 22.5. The number of thioether (sulfide) groups is 1. The quantitative estimate of drug-likeness (QED) is 0.151. The first kappa shape index (κ1) is 34.0. The molecule has 4 amide bonds. The van der Waals surface area contributed by atoms with Gasteiger partial charge in [0.05, 0.1) is 6.04 Å². The number of ether oxygens (including phenoxy) is 1. The molecule has 4 aliphatic heterocycles. The number of rotatable bonds is 10. The van der Waals surface area contributed by atoms with Crippen LogP contribution in [0.2, 0.25) is 0 Å². The van der Waals surface area contributed by atoms with Crippen LogP contribution < -0.4 is 21.1 Å². The average Bonchev–Trinajstić information content (AvgIpc) is 3.71. The molecule has 0 bridgehead atoms. The Morgan fingerprint density at radius 1 is 0.923 bits per heavy atom. The van der Waals surface area contributed by atoms with Gasteiger partial charge in [-0.25, -0.2) is 4.68 Å². The lowest BCUT2D eigenvalue weighted by molar-refractivity contribution is -0.136. The summed E-state index contributed by atoms with van der Waals surface area (Å²) >= 11 is 1.75. The summed E-state index contributed by atoms with van der Waals surface area (Å²) in [7, 11) is 0. The molecule has 4 aliphatic rings. The molecule has 0 radical (unpaired) electrons. The molecular formula is C39H41N7O5S. The second kappa shape index (κ2) is 14.5. The number of anilines is 1.